The monoisotopic (exact) mass is 252 g/mol. The van der Waals surface area contributed by atoms with Crippen LogP contribution in [0, 0.1) is 6.92 Å². The van der Waals surface area contributed by atoms with E-state index in [0.29, 0.717) is 5.89 Å². The number of benzene rings is 2. The zero-order valence-electron chi connectivity index (χ0n) is 11.1. The van der Waals surface area contributed by atoms with Gasteiger partial charge in [0.05, 0.1) is 0 Å². The van der Waals surface area contributed by atoms with Gasteiger partial charge in [0.25, 0.3) is 0 Å². The standard InChI is InChI=1S/C16H16N2O/c1-3-17-13-8-9-15-14(10-13)18-16(19-15)12-6-4-11(2)5-7-12/h4-10,17H,3H2,1-2H3. The van der Waals surface area contributed by atoms with E-state index in [1.54, 1.807) is 0 Å². The third-order valence-electron chi connectivity index (χ3n) is 3.07. The molecule has 0 aliphatic heterocycles. The number of hydrogen-bond donors (Lipinski definition) is 1. The number of anilines is 1. The highest BCUT2D eigenvalue weighted by molar-refractivity contribution is 5.80. The first-order chi connectivity index (χ1) is 9.26. The fourth-order valence-electron chi connectivity index (χ4n) is 2.06. The fourth-order valence-corrected chi connectivity index (χ4v) is 2.06. The second kappa shape index (κ2) is 4.76. The molecule has 0 saturated heterocycles. The summed E-state index contributed by atoms with van der Waals surface area (Å²) in [6.07, 6.45) is 0. The van der Waals surface area contributed by atoms with Crippen molar-refractivity contribution in [3.8, 4) is 11.5 Å². The molecule has 0 atom stereocenters. The Kier molecular flexibility index (Phi) is 2.95. The van der Waals surface area contributed by atoms with Crippen molar-refractivity contribution in [2.75, 3.05) is 11.9 Å². The lowest BCUT2D eigenvalue weighted by Crippen LogP contribution is -1.95. The van der Waals surface area contributed by atoms with Crippen LogP contribution in [0.4, 0.5) is 5.69 Å². The molecule has 3 aromatic rings. The van der Waals surface area contributed by atoms with Gasteiger partial charge in [0.15, 0.2) is 5.58 Å². The average Bonchev–Trinajstić information content (AvgIpc) is 2.83. The van der Waals surface area contributed by atoms with Crippen LogP contribution in [-0.2, 0) is 0 Å². The quantitative estimate of drug-likeness (QED) is 0.757. The molecule has 96 valence electrons. The predicted octanol–water partition coefficient (Wildman–Crippen LogP) is 4.24. The van der Waals surface area contributed by atoms with Gasteiger partial charge in [0.1, 0.15) is 5.52 Å². The van der Waals surface area contributed by atoms with Gasteiger partial charge >= 0.3 is 0 Å². The van der Waals surface area contributed by atoms with E-state index in [1.165, 1.54) is 5.56 Å². The molecule has 0 fully saturated rings. The predicted molar refractivity (Wildman–Crippen MR) is 78.3 cm³/mol. The molecule has 1 heterocycles. The maximum Gasteiger partial charge on any atom is 0.227 e. The van der Waals surface area contributed by atoms with Gasteiger partial charge in [0.2, 0.25) is 5.89 Å². The molecule has 1 N–H and O–H groups in total. The van der Waals surface area contributed by atoms with Crippen molar-refractivity contribution in [1.82, 2.24) is 4.98 Å². The van der Waals surface area contributed by atoms with Crippen LogP contribution in [0.25, 0.3) is 22.6 Å². The van der Waals surface area contributed by atoms with Gasteiger partial charge in [-0.05, 0) is 44.2 Å². The summed E-state index contributed by atoms with van der Waals surface area (Å²) in [4.78, 5) is 4.55. The largest absolute Gasteiger partial charge is 0.436 e. The SMILES string of the molecule is CCNc1ccc2oc(-c3ccc(C)cc3)nc2c1. The molecule has 3 rings (SSSR count). The molecule has 0 amide bonds. The minimum atomic E-state index is 0.670. The molecule has 0 spiro atoms. The molecule has 1 aromatic heterocycles. The van der Waals surface area contributed by atoms with E-state index in [0.717, 1.165) is 28.9 Å². The van der Waals surface area contributed by atoms with Crippen LogP contribution in [0.1, 0.15) is 12.5 Å². The first kappa shape index (κ1) is 11.8. The van der Waals surface area contributed by atoms with E-state index in [2.05, 4.69) is 36.3 Å². The molecule has 0 saturated carbocycles. The van der Waals surface area contributed by atoms with Crippen molar-refractivity contribution in [2.45, 2.75) is 13.8 Å². The minimum Gasteiger partial charge on any atom is -0.436 e. The minimum absolute atomic E-state index is 0.670. The Hall–Kier alpha value is -2.29. The van der Waals surface area contributed by atoms with E-state index >= 15 is 0 Å². The lowest BCUT2D eigenvalue weighted by Gasteiger charge is -2.00. The number of nitrogens with zero attached hydrogens (tertiary/aromatic N) is 1. The number of aryl methyl sites for hydroxylation is 1. The van der Waals surface area contributed by atoms with Crippen LogP contribution < -0.4 is 5.32 Å². The number of rotatable bonds is 3. The second-order valence-corrected chi connectivity index (χ2v) is 4.60. The van der Waals surface area contributed by atoms with Gasteiger partial charge in [-0.1, -0.05) is 17.7 Å². The summed E-state index contributed by atoms with van der Waals surface area (Å²) >= 11 is 0. The lowest BCUT2D eigenvalue weighted by atomic mass is 10.1. The van der Waals surface area contributed by atoms with E-state index in [4.69, 9.17) is 4.42 Å². The summed E-state index contributed by atoms with van der Waals surface area (Å²) in [7, 11) is 0. The summed E-state index contributed by atoms with van der Waals surface area (Å²) in [5.74, 6) is 0.670. The molecule has 0 radical (unpaired) electrons. The first-order valence-corrected chi connectivity index (χ1v) is 6.48. The zero-order valence-corrected chi connectivity index (χ0v) is 11.1. The third kappa shape index (κ3) is 2.32. The van der Waals surface area contributed by atoms with Crippen molar-refractivity contribution >= 4 is 16.8 Å². The Labute approximate surface area is 112 Å². The summed E-state index contributed by atoms with van der Waals surface area (Å²) in [6, 6.07) is 14.2. The molecular formula is C16H16N2O. The van der Waals surface area contributed by atoms with E-state index in [1.807, 2.05) is 30.3 Å². The topological polar surface area (TPSA) is 38.1 Å². The second-order valence-electron chi connectivity index (χ2n) is 4.60. The summed E-state index contributed by atoms with van der Waals surface area (Å²) < 4.78 is 5.79. The van der Waals surface area contributed by atoms with Crippen LogP contribution in [0.5, 0.6) is 0 Å². The molecule has 3 nitrogen and oxygen atoms in total. The van der Waals surface area contributed by atoms with Crippen LogP contribution in [0.3, 0.4) is 0 Å². The third-order valence-corrected chi connectivity index (χ3v) is 3.07. The molecule has 3 heteroatoms. The lowest BCUT2D eigenvalue weighted by molar-refractivity contribution is 0.620. The molecule has 0 aliphatic rings. The van der Waals surface area contributed by atoms with Gasteiger partial charge < -0.3 is 9.73 Å². The van der Waals surface area contributed by atoms with Crippen molar-refractivity contribution in [2.24, 2.45) is 0 Å². The van der Waals surface area contributed by atoms with Crippen molar-refractivity contribution < 1.29 is 4.42 Å². The van der Waals surface area contributed by atoms with E-state index in [-0.39, 0.29) is 0 Å². The summed E-state index contributed by atoms with van der Waals surface area (Å²) in [6.45, 7) is 5.04. The van der Waals surface area contributed by atoms with Crippen molar-refractivity contribution in [1.29, 1.82) is 0 Å². The number of oxazole rings is 1. The molecule has 0 unspecified atom stereocenters. The van der Waals surface area contributed by atoms with Crippen LogP contribution in [-0.4, -0.2) is 11.5 Å². The van der Waals surface area contributed by atoms with Gasteiger partial charge in [-0.2, -0.15) is 0 Å². The van der Waals surface area contributed by atoms with Crippen molar-refractivity contribution in [3.63, 3.8) is 0 Å². The zero-order chi connectivity index (χ0) is 13.2. The highest BCUT2D eigenvalue weighted by Crippen LogP contribution is 2.26. The number of nitrogens with one attached hydrogen (secondary N) is 1. The maximum absolute atomic E-state index is 5.79. The van der Waals surface area contributed by atoms with Gasteiger partial charge in [-0.15, -0.1) is 0 Å². The van der Waals surface area contributed by atoms with Crippen LogP contribution in [0.15, 0.2) is 46.9 Å². The Morgan fingerprint density at radius 2 is 1.89 bits per heavy atom. The Morgan fingerprint density at radius 3 is 2.63 bits per heavy atom. The number of hydrogen-bond acceptors (Lipinski definition) is 3. The van der Waals surface area contributed by atoms with Crippen LogP contribution >= 0.6 is 0 Å². The first-order valence-electron chi connectivity index (χ1n) is 6.48. The molecule has 2 aromatic carbocycles. The van der Waals surface area contributed by atoms with E-state index < -0.39 is 0 Å². The highest BCUT2D eigenvalue weighted by atomic mass is 16.3. The van der Waals surface area contributed by atoms with E-state index in [9.17, 15) is 0 Å². The Bertz CT molecular complexity index is 698. The summed E-state index contributed by atoms with van der Waals surface area (Å²) in [5, 5.41) is 3.27. The molecule has 19 heavy (non-hydrogen) atoms. The number of fused-ring (bicyclic) bond motifs is 1. The van der Waals surface area contributed by atoms with Crippen LogP contribution in [0.2, 0.25) is 0 Å². The summed E-state index contributed by atoms with van der Waals surface area (Å²) in [5.41, 5.74) is 5.01. The highest BCUT2D eigenvalue weighted by Gasteiger charge is 2.08. The van der Waals surface area contributed by atoms with Gasteiger partial charge in [-0.25, -0.2) is 4.98 Å². The molecule has 0 bridgehead atoms. The Balaban J connectivity index is 2.03. The van der Waals surface area contributed by atoms with Crippen molar-refractivity contribution in [3.05, 3.63) is 48.0 Å². The Morgan fingerprint density at radius 1 is 1.11 bits per heavy atom. The normalized spacial score (nSPS) is 10.8. The average molecular weight is 252 g/mol. The number of aromatic nitrogens is 1. The van der Waals surface area contributed by atoms with Gasteiger partial charge in [0, 0.05) is 17.8 Å². The van der Waals surface area contributed by atoms with Gasteiger partial charge in [-0.3, -0.25) is 0 Å². The molecule has 0 aliphatic carbocycles. The maximum atomic E-state index is 5.79. The fraction of sp³-hybridized carbons (Fsp3) is 0.188. The molecular weight excluding hydrogens is 236 g/mol. The smallest absolute Gasteiger partial charge is 0.227 e.